The number of rotatable bonds is 5. The van der Waals surface area contributed by atoms with E-state index in [0.29, 0.717) is 18.0 Å². The number of hydrogen-bond donors (Lipinski definition) is 1. The number of carbonyl (C=O) groups is 1. The van der Waals surface area contributed by atoms with E-state index in [1.54, 1.807) is 19.2 Å². The lowest BCUT2D eigenvalue weighted by Gasteiger charge is -2.19. The van der Waals surface area contributed by atoms with Crippen LogP contribution in [0.1, 0.15) is 26.3 Å². The molecule has 0 saturated carbocycles. The van der Waals surface area contributed by atoms with E-state index < -0.39 is 11.7 Å². The van der Waals surface area contributed by atoms with Gasteiger partial charge in [0.2, 0.25) is 0 Å². The van der Waals surface area contributed by atoms with Gasteiger partial charge >= 0.3 is 6.09 Å². The highest BCUT2D eigenvalue weighted by atomic mass is 16.6. The van der Waals surface area contributed by atoms with Crippen LogP contribution in [-0.4, -0.2) is 25.4 Å². The molecule has 1 N–H and O–H groups in total. The third-order valence-electron chi connectivity index (χ3n) is 2.37. The number of terminal acetylenes is 1. The molecule has 1 rings (SSSR count). The lowest BCUT2D eigenvalue weighted by molar-refractivity contribution is 0.0523. The zero-order chi connectivity index (χ0) is 15.9. The standard InChI is InChI=1S/C16H21NO4/c1-6-9-20-13-8-7-12(10-14(13)19-5)11-17-15(18)21-16(2,3)4/h1,7-8,10H,9,11H2,2-5H3,(H,17,18). The first-order chi connectivity index (χ1) is 9.85. The zero-order valence-electron chi connectivity index (χ0n) is 12.9. The van der Waals surface area contributed by atoms with Crippen LogP contribution in [0.2, 0.25) is 0 Å². The van der Waals surface area contributed by atoms with Crippen LogP contribution in [0, 0.1) is 12.3 Å². The van der Waals surface area contributed by atoms with E-state index in [4.69, 9.17) is 20.6 Å². The number of benzene rings is 1. The summed E-state index contributed by atoms with van der Waals surface area (Å²) in [6.07, 6.45) is 4.69. The summed E-state index contributed by atoms with van der Waals surface area (Å²) in [5.74, 6) is 3.52. The minimum Gasteiger partial charge on any atom is -0.493 e. The van der Waals surface area contributed by atoms with Gasteiger partial charge in [-0.05, 0) is 38.5 Å². The Morgan fingerprint density at radius 2 is 2.05 bits per heavy atom. The molecule has 0 atom stereocenters. The van der Waals surface area contributed by atoms with Gasteiger partial charge in [0.1, 0.15) is 12.2 Å². The fraction of sp³-hybridized carbons (Fsp3) is 0.438. The monoisotopic (exact) mass is 291 g/mol. The summed E-state index contributed by atoms with van der Waals surface area (Å²) < 4.78 is 15.7. The van der Waals surface area contributed by atoms with Crippen LogP contribution >= 0.6 is 0 Å². The van der Waals surface area contributed by atoms with Gasteiger partial charge in [0.05, 0.1) is 7.11 Å². The SMILES string of the molecule is C#CCOc1ccc(CNC(=O)OC(C)(C)C)cc1OC. The van der Waals surface area contributed by atoms with Crippen molar-refractivity contribution in [2.24, 2.45) is 0 Å². The van der Waals surface area contributed by atoms with Crippen molar-refractivity contribution in [2.45, 2.75) is 32.9 Å². The molecule has 0 bridgehead atoms. The molecule has 1 aromatic rings. The van der Waals surface area contributed by atoms with E-state index in [0.717, 1.165) is 5.56 Å². The summed E-state index contributed by atoms with van der Waals surface area (Å²) in [6.45, 7) is 5.94. The van der Waals surface area contributed by atoms with Crippen LogP contribution in [0.25, 0.3) is 0 Å². The van der Waals surface area contributed by atoms with Crippen molar-refractivity contribution in [2.75, 3.05) is 13.7 Å². The quantitative estimate of drug-likeness (QED) is 0.848. The van der Waals surface area contributed by atoms with E-state index in [1.165, 1.54) is 0 Å². The number of ether oxygens (including phenoxy) is 3. The lowest BCUT2D eigenvalue weighted by atomic mass is 10.2. The molecule has 1 amide bonds. The highest BCUT2D eigenvalue weighted by Gasteiger charge is 2.15. The molecule has 21 heavy (non-hydrogen) atoms. The molecule has 114 valence electrons. The van der Waals surface area contributed by atoms with E-state index in [1.807, 2.05) is 26.8 Å². The molecule has 0 unspecified atom stereocenters. The molecule has 0 fully saturated rings. The molecule has 0 saturated heterocycles. The van der Waals surface area contributed by atoms with Crippen molar-refractivity contribution < 1.29 is 19.0 Å². The lowest BCUT2D eigenvalue weighted by Crippen LogP contribution is -2.32. The van der Waals surface area contributed by atoms with Crippen LogP contribution in [0.3, 0.4) is 0 Å². The first-order valence-corrected chi connectivity index (χ1v) is 6.55. The minimum absolute atomic E-state index is 0.172. The summed E-state index contributed by atoms with van der Waals surface area (Å²) in [5.41, 5.74) is 0.347. The number of nitrogens with one attached hydrogen (secondary N) is 1. The first-order valence-electron chi connectivity index (χ1n) is 6.55. The summed E-state index contributed by atoms with van der Waals surface area (Å²) in [6, 6.07) is 5.36. The maximum absolute atomic E-state index is 11.6. The Labute approximate surface area is 125 Å². The Morgan fingerprint density at radius 3 is 2.62 bits per heavy atom. The Morgan fingerprint density at radius 1 is 1.33 bits per heavy atom. The molecule has 1 aromatic carbocycles. The molecular weight excluding hydrogens is 270 g/mol. The van der Waals surface area contributed by atoms with E-state index >= 15 is 0 Å². The maximum atomic E-state index is 11.6. The van der Waals surface area contributed by atoms with E-state index in [9.17, 15) is 4.79 Å². The van der Waals surface area contributed by atoms with Gasteiger partial charge in [-0.1, -0.05) is 12.0 Å². The molecule has 0 aliphatic carbocycles. The predicted molar refractivity (Wildman–Crippen MR) is 80.4 cm³/mol. The third kappa shape index (κ3) is 6.09. The van der Waals surface area contributed by atoms with Crippen molar-refractivity contribution in [1.29, 1.82) is 0 Å². The fourth-order valence-corrected chi connectivity index (χ4v) is 1.55. The maximum Gasteiger partial charge on any atom is 0.407 e. The van der Waals surface area contributed by atoms with Gasteiger partial charge < -0.3 is 19.5 Å². The highest BCUT2D eigenvalue weighted by Crippen LogP contribution is 2.27. The van der Waals surface area contributed by atoms with Crippen molar-refractivity contribution >= 4 is 6.09 Å². The number of amides is 1. The minimum atomic E-state index is -0.519. The van der Waals surface area contributed by atoms with Crippen molar-refractivity contribution in [3.8, 4) is 23.8 Å². The van der Waals surface area contributed by atoms with Gasteiger partial charge in [-0.25, -0.2) is 4.79 Å². The Bertz CT molecular complexity index is 526. The zero-order valence-corrected chi connectivity index (χ0v) is 12.9. The fourth-order valence-electron chi connectivity index (χ4n) is 1.55. The van der Waals surface area contributed by atoms with Gasteiger partial charge in [0.15, 0.2) is 11.5 Å². The second-order valence-electron chi connectivity index (χ2n) is 5.33. The highest BCUT2D eigenvalue weighted by molar-refractivity contribution is 5.67. The molecule has 0 spiro atoms. The van der Waals surface area contributed by atoms with E-state index in [2.05, 4.69) is 11.2 Å². The number of alkyl carbamates (subject to hydrolysis) is 1. The van der Waals surface area contributed by atoms with Crippen LogP contribution in [-0.2, 0) is 11.3 Å². The van der Waals surface area contributed by atoms with Gasteiger partial charge in [-0.2, -0.15) is 0 Å². The molecule has 0 aliphatic heterocycles. The Hall–Kier alpha value is -2.35. The second-order valence-corrected chi connectivity index (χ2v) is 5.33. The average Bonchev–Trinajstić information content (AvgIpc) is 2.41. The average molecular weight is 291 g/mol. The summed E-state index contributed by atoms with van der Waals surface area (Å²) >= 11 is 0. The van der Waals surface area contributed by atoms with Gasteiger partial charge in [0, 0.05) is 6.54 Å². The number of carbonyl (C=O) groups excluding carboxylic acids is 1. The van der Waals surface area contributed by atoms with Crippen molar-refractivity contribution in [3.05, 3.63) is 23.8 Å². The molecule has 0 radical (unpaired) electrons. The molecule has 5 nitrogen and oxygen atoms in total. The molecule has 0 aliphatic rings. The van der Waals surface area contributed by atoms with Crippen LogP contribution in [0.5, 0.6) is 11.5 Å². The van der Waals surface area contributed by atoms with Crippen LogP contribution < -0.4 is 14.8 Å². The number of methoxy groups -OCH3 is 1. The molecule has 5 heteroatoms. The summed E-state index contributed by atoms with van der Waals surface area (Å²) in [5, 5.41) is 2.68. The predicted octanol–water partition coefficient (Wildman–Crippen LogP) is 2.73. The van der Waals surface area contributed by atoms with Crippen LogP contribution in [0.15, 0.2) is 18.2 Å². The second kappa shape index (κ2) is 7.44. The van der Waals surface area contributed by atoms with Crippen LogP contribution in [0.4, 0.5) is 4.79 Å². The topological polar surface area (TPSA) is 56.8 Å². The summed E-state index contributed by atoms with van der Waals surface area (Å²) in [4.78, 5) is 11.6. The Kier molecular flexibility index (Phi) is 5.92. The van der Waals surface area contributed by atoms with Crippen molar-refractivity contribution in [1.82, 2.24) is 5.32 Å². The van der Waals surface area contributed by atoms with E-state index in [-0.39, 0.29) is 6.61 Å². The third-order valence-corrected chi connectivity index (χ3v) is 2.37. The van der Waals surface area contributed by atoms with Gasteiger partial charge in [0.25, 0.3) is 0 Å². The van der Waals surface area contributed by atoms with Gasteiger partial charge in [-0.15, -0.1) is 6.42 Å². The van der Waals surface area contributed by atoms with Gasteiger partial charge in [-0.3, -0.25) is 0 Å². The summed E-state index contributed by atoms with van der Waals surface area (Å²) in [7, 11) is 1.54. The Balaban J connectivity index is 2.64. The largest absolute Gasteiger partial charge is 0.493 e. The molecule has 0 heterocycles. The molecular formula is C16H21NO4. The first kappa shape index (κ1) is 16.7. The normalized spacial score (nSPS) is 10.4. The van der Waals surface area contributed by atoms with Crippen molar-refractivity contribution in [3.63, 3.8) is 0 Å². The number of hydrogen-bond acceptors (Lipinski definition) is 4. The smallest absolute Gasteiger partial charge is 0.407 e. The molecule has 0 aromatic heterocycles.